The molecule has 0 aromatic heterocycles. The monoisotopic (exact) mass is 207 g/mol. The van der Waals surface area contributed by atoms with Crippen molar-refractivity contribution in [3.8, 4) is 0 Å². The van der Waals surface area contributed by atoms with Crippen LogP contribution in [-0.4, -0.2) is 24.1 Å². The topological polar surface area (TPSA) is 72.4 Å². The van der Waals surface area contributed by atoms with Crippen molar-refractivity contribution in [2.45, 2.75) is 12.5 Å². The fraction of sp³-hybridized carbons (Fsp3) is 0.400. The number of nitro benzene ring substituents is 1. The molecule has 2 rings (SSSR count). The summed E-state index contributed by atoms with van der Waals surface area (Å²) in [6, 6.07) is 6.86. The minimum absolute atomic E-state index is 0.132. The number of rotatable bonds is 2. The minimum Gasteiger partial charge on any atom is -0.370 e. The Kier molecular flexibility index (Phi) is 2.55. The van der Waals surface area contributed by atoms with Gasteiger partial charge in [0.2, 0.25) is 0 Å². The number of hydrogen-bond acceptors (Lipinski definition) is 4. The predicted molar refractivity (Wildman–Crippen MR) is 57.9 cm³/mol. The lowest BCUT2D eigenvalue weighted by Crippen LogP contribution is -2.26. The molecule has 80 valence electrons. The van der Waals surface area contributed by atoms with Crippen molar-refractivity contribution >= 4 is 11.4 Å². The van der Waals surface area contributed by atoms with Crippen LogP contribution in [0.5, 0.6) is 0 Å². The van der Waals surface area contributed by atoms with Gasteiger partial charge in [0.1, 0.15) is 0 Å². The van der Waals surface area contributed by atoms with Crippen LogP contribution in [0.25, 0.3) is 0 Å². The molecule has 1 aromatic rings. The Hall–Kier alpha value is -1.62. The van der Waals surface area contributed by atoms with Crippen molar-refractivity contribution in [3.05, 3.63) is 34.4 Å². The van der Waals surface area contributed by atoms with Crippen molar-refractivity contribution in [2.75, 3.05) is 18.0 Å². The minimum atomic E-state index is -0.375. The highest BCUT2D eigenvalue weighted by Crippen LogP contribution is 2.23. The standard InChI is InChI=1S/C10H13N3O2/c11-8-4-5-12(7-8)9-2-1-3-10(6-9)13(14)15/h1-3,6,8H,4-5,7,11H2. The first-order valence-electron chi connectivity index (χ1n) is 4.92. The number of nitrogens with two attached hydrogens (primary N) is 1. The molecule has 1 unspecified atom stereocenters. The van der Waals surface area contributed by atoms with E-state index in [0.717, 1.165) is 25.2 Å². The Bertz CT molecular complexity index is 381. The van der Waals surface area contributed by atoms with E-state index in [4.69, 9.17) is 5.73 Å². The highest BCUT2D eigenvalue weighted by atomic mass is 16.6. The first kappa shape index (κ1) is 9.92. The van der Waals surface area contributed by atoms with Gasteiger partial charge in [0.15, 0.2) is 0 Å². The van der Waals surface area contributed by atoms with E-state index in [-0.39, 0.29) is 16.7 Å². The second kappa shape index (κ2) is 3.86. The van der Waals surface area contributed by atoms with Crippen LogP contribution in [0.2, 0.25) is 0 Å². The molecule has 1 atom stereocenters. The van der Waals surface area contributed by atoms with Gasteiger partial charge in [-0.1, -0.05) is 6.07 Å². The quantitative estimate of drug-likeness (QED) is 0.583. The lowest BCUT2D eigenvalue weighted by Gasteiger charge is -2.17. The summed E-state index contributed by atoms with van der Waals surface area (Å²) in [4.78, 5) is 12.3. The van der Waals surface area contributed by atoms with Gasteiger partial charge in [-0.05, 0) is 12.5 Å². The smallest absolute Gasteiger partial charge is 0.271 e. The highest BCUT2D eigenvalue weighted by molar-refractivity contribution is 5.53. The molecular weight excluding hydrogens is 194 g/mol. The predicted octanol–water partition coefficient (Wildman–Crippen LogP) is 1.13. The first-order chi connectivity index (χ1) is 7.16. The van der Waals surface area contributed by atoms with Crippen molar-refractivity contribution in [1.29, 1.82) is 0 Å². The third-order valence-electron chi connectivity index (χ3n) is 2.63. The summed E-state index contributed by atoms with van der Waals surface area (Å²) in [5.74, 6) is 0. The maximum absolute atomic E-state index is 10.6. The summed E-state index contributed by atoms with van der Waals surface area (Å²) in [5, 5.41) is 10.6. The second-order valence-electron chi connectivity index (χ2n) is 3.77. The first-order valence-corrected chi connectivity index (χ1v) is 4.92. The van der Waals surface area contributed by atoms with E-state index in [2.05, 4.69) is 4.90 Å². The van der Waals surface area contributed by atoms with E-state index in [1.807, 2.05) is 6.07 Å². The normalized spacial score (nSPS) is 20.6. The molecule has 2 N–H and O–H groups in total. The van der Waals surface area contributed by atoms with Gasteiger partial charge < -0.3 is 10.6 Å². The molecule has 1 saturated heterocycles. The van der Waals surface area contributed by atoms with Gasteiger partial charge >= 0.3 is 0 Å². The number of benzene rings is 1. The molecule has 15 heavy (non-hydrogen) atoms. The van der Waals surface area contributed by atoms with Gasteiger partial charge in [-0.15, -0.1) is 0 Å². The molecule has 0 saturated carbocycles. The number of anilines is 1. The van der Waals surface area contributed by atoms with E-state index in [1.54, 1.807) is 12.1 Å². The summed E-state index contributed by atoms with van der Waals surface area (Å²) >= 11 is 0. The summed E-state index contributed by atoms with van der Waals surface area (Å²) in [6.07, 6.45) is 0.947. The zero-order chi connectivity index (χ0) is 10.8. The SMILES string of the molecule is NC1CCN(c2cccc([N+](=O)[O-])c2)C1. The molecule has 1 fully saturated rings. The third kappa shape index (κ3) is 2.07. The van der Waals surface area contributed by atoms with Crippen LogP contribution in [0.15, 0.2) is 24.3 Å². The van der Waals surface area contributed by atoms with Crippen LogP contribution < -0.4 is 10.6 Å². The van der Waals surface area contributed by atoms with Crippen molar-refractivity contribution in [3.63, 3.8) is 0 Å². The number of non-ortho nitro benzene ring substituents is 1. The van der Waals surface area contributed by atoms with Gasteiger partial charge in [-0.3, -0.25) is 10.1 Å². The van der Waals surface area contributed by atoms with E-state index in [9.17, 15) is 10.1 Å². The van der Waals surface area contributed by atoms with E-state index >= 15 is 0 Å². The van der Waals surface area contributed by atoms with Crippen molar-refractivity contribution in [2.24, 2.45) is 5.73 Å². The molecule has 0 spiro atoms. The van der Waals surface area contributed by atoms with Crippen LogP contribution in [0.3, 0.4) is 0 Å². The van der Waals surface area contributed by atoms with Crippen molar-refractivity contribution < 1.29 is 4.92 Å². The Morgan fingerprint density at radius 2 is 2.33 bits per heavy atom. The largest absolute Gasteiger partial charge is 0.370 e. The molecule has 1 aromatic carbocycles. The number of hydrogen-bond donors (Lipinski definition) is 1. The summed E-state index contributed by atoms with van der Waals surface area (Å²) < 4.78 is 0. The summed E-state index contributed by atoms with van der Waals surface area (Å²) in [6.45, 7) is 1.66. The lowest BCUT2D eigenvalue weighted by atomic mass is 10.2. The third-order valence-corrected chi connectivity index (χ3v) is 2.63. The Balaban J connectivity index is 2.21. The maximum Gasteiger partial charge on any atom is 0.271 e. The van der Waals surface area contributed by atoms with E-state index in [0.29, 0.717) is 0 Å². The van der Waals surface area contributed by atoms with E-state index in [1.165, 1.54) is 6.07 Å². The fourth-order valence-corrected chi connectivity index (χ4v) is 1.83. The molecule has 1 aliphatic rings. The summed E-state index contributed by atoms with van der Waals surface area (Å²) in [5.41, 5.74) is 6.80. The van der Waals surface area contributed by atoms with Gasteiger partial charge in [-0.25, -0.2) is 0 Å². The Labute approximate surface area is 87.6 Å². The molecule has 0 radical (unpaired) electrons. The average Bonchev–Trinajstić information content (AvgIpc) is 2.65. The van der Waals surface area contributed by atoms with Crippen molar-refractivity contribution in [1.82, 2.24) is 0 Å². The molecule has 0 bridgehead atoms. The Morgan fingerprint density at radius 3 is 2.93 bits per heavy atom. The fourth-order valence-electron chi connectivity index (χ4n) is 1.83. The lowest BCUT2D eigenvalue weighted by molar-refractivity contribution is -0.384. The Morgan fingerprint density at radius 1 is 1.53 bits per heavy atom. The summed E-state index contributed by atoms with van der Waals surface area (Å²) in [7, 11) is 0. The highest BCUT2D eigenvalue weighted by Gasteiger charge is 2.20. The van der Waals surface area contributed by atoms with Crippen LogP contribution >= 0.6 is 0 Å². The van der Waals surface area contributed by atoms with Crippen LogP contribution in [0.4, 0.5) is 11.4 Å². The molecular formula is C10H13N3O2. The molecule has 1 aliphatic heterocycles. The maximum atomic E-state index is 10.6. The zero-order valence-electron chi connectivity index (χ0n) is 8.30. The van der Waals surface area contributed by atoms with Gasteiger partial charge in [0.05, 0.1) is 4.92 Å². The molecule has 0 amide bonds. The van der Waals surface area contributed by atoms with E-state index < -0.39 is 0 Å². The van der Waals surface area contributed by atoms with Crippen LogP contribution in [-0.2, 0) is 0 Å². The zero-order valence-corrected chi connectivity index (χ0v) is 8.30. The average molecular weight is 207 g/mol. The second-order valence-corrected chi connectivity index (χ2v) is 3.77. The molecule has 0 aliphatic carbocycles. The van der Waals surface area contributed by atoms with Gasteiger partial charge in [0, 0.05) is 37.0 Å². The molecule has 1 heterocycles. The van der Waals surface area contributed by atoms with Gasteiger partial charge in [-0.2, -0.15) is 0 Å². The van der Waals surface area contributed by atoms with Crippen LogP contribution in [0.1, 0.15) is 6.42 Å². The number of nitrogens with zero attached hydrogens (tertiary/aromatic N) is 2. The number of nitro groups is 1. The van der Waals surface area contributed by atoms with Crippen LogP contribution in [0, 0.1) is 10.1 Å². The molecule has 5 heteroatoms. The molecule has 5 nitrogen and oxygen atoms in total. The van der Waals surface area contributed by atoms with Gasteiger partial charge in [0.25, 0.3) is 5.69 Å².